The number of benzene rings is 2. The van der Waals surface area contributed by atoms with E-state index < -0.39 is 0 Å². The van der Waals surface area contributed by atoms with Crippen LogP contribution in [0.5, 0.6) is 0 Å². The lowest BCUT2D eigenvalue weighted by Gasteiger charge is -2.20. The van der Waals surface area contributed by atoms with Gasteiger partial charge < -0.3 is 16.0 Å². The second-order valence-electron chi connectivity index (χ2n) is 7.04. The lowest BCUT2D eigenvalue weighted by Crippen LogP contribution is -2.40. The zero-order valence-corrected chi connectivity index (χ0v) is 16.0. The van der Waals surface area contributed by atoms with Gasteiger partial charge in [-0.15, -0.1) is 0 Å². The summed E-state index contributed by atoms with van der Waals surface area (Å²) < 4.78 is 0. The summed E-state index contributed by atoms with van der Waals surface area (Å²) in [6, 6.07) is 14.4. The number of rotatable bonds is 6. The quantitative estimate of drug-likeness (QED) is 0.724. The van der Waals surface area contributed by atoms with Gasteiger partial charge in [-0.25, -0.2) is 0 Å². The molecule has 26 heavy (non-hydrogen) atoms. The molecule has 0 atom stereocenters. The highest BCUT2D eigenvalue weighted by molar-refractivity contribution is 6.30. The van der Waals surface area contributed by atoms with Gasteiger partial charge in [0.15, 0.2) is 0 Å². The molecule has 0 spiro atoms. The molecule has 0 saturated carbocycles. The van der Waals surface area contributed by atoms with Crippen LogP contribution in [0.4, 0.5) is 5.69 Å². The van der Waals surface area contributed by atoms with E-state index in [1.807, 2.05) is 32.9 Å². The average Bonchev–Trinajstić information content (AvgIpc) is 2.58. The number of amides is 2. The Morgan fingerprint density at radius 3 is 2.15 bits per heavy atom. The van der Waals surface area contributed by atoms with Gasteiger partial charge in [0.2, 0.25) is 5.91 Å². The second-order valence-corrected chi connectivity index (χ2v) is 7.47. The Kier molecular flexibility index (Phi) is 6.64. The predicted octanol–water partition coefficient (Wildman–Crippen LogP) is 3.60. The van der Waals surface area contributed by atoms with Gasteiger partial charge in [-0.1, -0.05) is 23.7 Å². The molecule has 0 bridgehead atoms. The van der Waals surface area contributed by atoms with Gasteiger partial charge >= 0.3 is 0 Å². The summed E-state index contributed by atoms with van der Waals surface area (Å²) in [5.74, 6) is -0.237. The fourth-order valence-electron chi connectivity index (χ4n) is 2.20. The monoisotopic (exact) mass is 373 g/mol. The van der Waals surface area contributed by atoms with Gasteiger partial charge in [-0.2, -0.15) is 0 Å². The highest BCUT2D eigenvalue weighted by Crippen LogP contribution is 2.11. The van der Waals surface area contributed by atoms with Gasteiger partial charge in [-0.05, 0) is 62.7 Å². The molecule has 0 radical (unpaired) electrons. The first kappa shape index (κ1) is 19.8. The molecule has 138 valence electrons. The minimum atomic E-state index is -0.282. The van der Waals surface area contributed by atoms with Gasteiger partial charge in [0.25, 0.3) is 5.91 Å². The fourth-order valence-corrected chi connectivity index (χ4v) is 2.33. The van der Waals surface area contributed by atoms with Crippen LogP contribution < -0.4 is 16.0 Å². The predicted molar refractivity (Wildman–Crippen MR) is 105 cm³/mol. The van der Waals surface area contributed by atoms with Crippen LogP contribution in [0.15, 0.2) is 48.5 Å². The fraction of sp³-hybridized carbons (Fsp3) is 0.300. The van der Waals surface area contributed by atoms with Crippen molar-refractivity contribution in [3.05, 3.63) is 64.7 Å². The van der Waals surface area contributed by atoms with Gasteiger partial charge in [0.1, 0.15) is 0 Å². The molecule has 0 aliphatic rings. The molecule has 3 N–H and O–H groups in total. The molecule has 2 aromatic rings. The number of anilines is 1. The molecule has 0 saturated heterocycles. The van der Waals surface area contributed by atoms with Crippen LogP contribution in [-0.4, -0.2) is 23.9 Å². The third-order valence-electron chi connectivity index (χ3n) is 3.49. The van der Waals surface area contributed by atoms with Crippen molar-refractivity contribution in [3.63, 3.8) is 0 Å². The number of carbonyl (C=O) groups is 2. The third kappa shape index (κ3) is 6.76. The molecule has 0 aliphatic heterocycles. The van der Waals surface area contributed by atoms with Gasteiger partial charge in [-0.3, -0.25) is 9.59 Å². The van der Waals surface area contributed by atoms with E-state index in [0.29, 0.717) is 17.1 Å². The summed E-state index contributed by atoms with van der Waals surface area (Å²) in [5.41, 5.74) is 2.06. The molecular weight excluding hydrogens is 350 g/mol. The molecule has 0 unspecified atom stereocenters. The summed E-state index contributed by atoms with van der Waals surface area (Å²) in [7, 11) is 0. The molecule has 2 aromatic carbocycles. The normalized spacial score (nSPS) is 10.9. The van der Waals surface area contributed by atoms with Crippen LogP contribution in [0.2, 0.25) is 5.02 Å². The summed E-state index contributed by atoms with van der Waals surface area (Å²) in [6.07, 6.45) is 0. The third-order valence-corrected chi connectivity index (χ3v) is 3.74. The first-order valence-electron chi connectivity index (χ1n) is 8.40. The van der Waals surface area contributed by atoms with E-state index in [2.05, 4.69) is 16.0 Å². The molecule has 2 amide bonds. The molecule has 0 aromatic heterocycles. The lowest BCUT2D eigenvalue weighted by molar-refractivity contribution is -0.119. The first-order valence-corrected chi connectivity index (χ1v) is 8.78. The average molecular weight is 374 g/mol. The molecule has 6 heteroatoms. The topological polar surface area (TPSA) is 70.2 Å². The van der Waals surface area contributed by atoms with Crippen LogP contribution in [0.3, 0.4) is 0 Å². The van der Waals surface area contributed by atoms with Crippen LogP contribution in [0.1, 0.15) is 36.7 Å². The second kappa shape index (κ2) is 8.72. The van der Waals surface area contributed by atoms with E-state index in [1.54, 1.807) is 36.4 Å². The SMILES string of the molecule is CC(C)(C)NC(=O)c1ccc(NCC(=O)NCc2ccc(Cl)cc2)cc1. The van der Waals surface area contributed by atoms with Crippen LogP contribution >= 0.6 is 11.6 Å². The van der Waals surface area contributed by atoms with Crippen LogP contribution in [-0.2, 0) is 11.3 Å². The maximum absolute atomic E-state index is 12.1. The maximum Gasteiger partial charge on any atom is 0.251 e. The van der Waals surface area contributed by atoms with Crippen LogP contribution in [0.25, 0.3) is 0 Å². The largest absolute Gasteiger partial charge is 0.376 e. The molecule has 0 fully saturated rings. The van der Waals surface area contributed by atoms with E-state index >= 15 is 0 Å². The van der Waals surface area contributed by atoms with Crippen molar-refractivity contribution in [2.45, 2.75) is 32.9 Å². The number of nitrogens with one attached hydrogen (secondary N) is 3. The smallest absolute Gasteiger partial charge is 0.251 e. The van der Waals surface area contributed by atoms with Gasteiger partial charge in [0.05, 0.1) is 6.54 Å². The van der Waals surface area contributed by atoms with E-state index in [0.717, 1.165) is 11.3 Å². The summed E-state index contributed by atoms with van der Waals surface area (Å²) in [6.45, 7) is 6.40. The Bertz CT molecular complexity index is 750. The van der Waals surface area contributed by atoms with E-state index in [1.165, 1.54) is 0 Å². The van der Waals surface area contributed by atoms with Crippen molar-refractivity contribution in [2.24, 2.45) is 0 Å². The Morgan fingerprint density at radius 1 is 0.962 bits per heavy atom. The van der Waals surface area contributed by atoms with Crippen molar-refractivity contribution in [1.82, 2.24) is 10.6 Å². The highest BCUT2D eigenvalue weighted by Gasteiger charge is 2.15. The molecule has 0 heterocycles. The summed E-state index contributed by atoms with van der Waals surface area (Å²) in [4.78, 5) is 24.0. The number of hydrogen-bond donors (Lipinski definition) is 3. The zero-order valence-electron chi connectivity index (χ0n) is 15.2. The van der Waals surface area contributed by atoms with Crippen molar-refractivity contribution >= 4 is 29.1 Å². The van der Waals surface area contributed by atoms with Crippen molar-refractivity contribution in [1.29, 1.82) is 0 Å². The van der Waals surface area contributed by atoms with E-state index in [4.69, 9.17) is 11.6 Å². The van der Waals surface area contributed by atoms with Crippen LogP contribution in [0, 0.1) is 0 Å². The Labute approximate surface area is 159 Å². The van der Waals surface area contributed by atoms with E-state index in [-0.39, 0.29) is 23.9 Å². The first-order chi connectivity index (χ1) is 12.2. The Hall–Kier alpha value is -2.53. The van der Waals surface area contributed by atoms with Crippen molar-refractivity contribution in [2.75, 3.05) is 11.9 Å². The minimum Gasteiger partial charge on any atom is -0.376 e. The zero-order chi connectivity index (χ0) is 19.2. The maximum atomic E-state index is 12.1. The van der Waals surface area contributed by atoms with Crippen molar-refractivity contribution in [3.8, 4) is 0 Å². The van der Waals surface area contributed by atoms with Crippen molar-refractivity contribution < 1.29 is 9.59 Å². The summed E-state index contributed by atoms with van der Waals surface area (Å²) >= 11 is 5.83. The minimum absolute atomic E-state index is 0.116. The molecule has 5 nitrogen and oxygen atoms in total. The Morgan fingerprint density at radius 2 is 1.58 bits per heavy atom. The lowest BCUT2D eigenvalue weighted by atomic mass is 10.1. The molecular formula is C20H24ClN3O2. The number of halogens is 1. The molecule has 2 rings (SSSR count). The standard InChI is InChI=1S/C20H24ClN3O2/c1-20(2,3)24-19(26)15-6-10-17(11-7-15)22-13-18(25)23-12-14-4-8-16(21)9-5-14/h4-11,22H,12-13H2,1-3H3,(H,23,25)(H,24,26). The highest BCUT2D eigenvalue weighted by atomic mass is 35.5. The molecule has 0 aliphatic carbocycles. The Balaban J connectivity index is 1.79. The van der Waals surface area contributed by atoms with E-state index in [9.17, 15) is 9.59 Å². The number of carbonyl (C=O) groups excluding carboxylic acids is 2. The summed E-state index contributed by atoms with van der Waals surface area (Å²) in [5, 5.41) is 9.45. The number of hydrogen-bond acceptors (Lipinski definition) is 3. The van der Waals surface area contributed by atoms with Gasteiger partial charge in [0, 0.05) is 28.4 Å².